The van der Waals surface area contributed by atoms with Crippen molar-refractivity contribution in [2.45, 2.75) is 13.3 Å². The molecule has 0 saturated heterocycles. The van der Waals surface area contributed by atoms with Gasteiger partial charge in [0.25, 0.3) is 10.1 Å². The molecule has 0 bridgehead atoms. The first-order chi connectivity index (χ1) is 4.56. The fourth-order valence-electron chi connectivity index (χ4n) is 0.411. The van der Waals surface area contributed by atoms with E-state index in [4.69, 9.17) is 9.29 Å². The predicted molar refractivity (Wildman–Crippen MR) is 37.5 cm³/mol. The summed E-state index contributed by atoms with van der Waals surface area (Å²) in [7, 11) is -3.83. The summed E-state index contributed by atoms with van der Waals surface area (Å²) in [6.45, 7) is 2.54. The molecule has 0 aliphatic heterocycles. The monoisotopic (exact) mass is 168 g/mol. The summed E-state index contributed by atoms with van der Waals surface area (Å²) in [5.74, 6) is -0.312. The standard InChI is InChI=1S/C5H12O4S/c1-2-3-9-4-5-10(6,7)8/h2-5H2,1H3,(H,6,7,8). The highest BCUT2D eigenvalue weighted by Crippen LogP contribution is 1.84. The van der Waals surface area contributed by atoms with Gasteiger partial charge in [-0.1, -0.05) is 6.92 Å². The summed E-state index contributed by atoms with van der Waals surface area (Å²) in [6.07, 6.45) is 0.853. The second kappa shape index (κ2) is 4.65. The molecular weight excluding hydrogens is 156 g/mol. The largest absolute Gasteiger partial charge is 0.380 e. The molecule has 0 unspecified atom stereocenters. The molecule has 0 aliphatic carbocycles. The zero-order valence-electron chi connectivity index (χ0n) is 5.91. The van der Waals surface area contributed by atoms with Crippen LogP contribution in [-0.2, 0) is 14.9 Å². The highest BCUT2D eigenvalue weighted by molar-refractivity contribution is 7.85. The van der Waals surface area contributed by atoms with Crippen LogP contribution in [0.1, 0.15) is 13.3 Å². The van der Waals surface area contributed by atoms with Crippen LogP contribution in [0.4, 0.5) is 0 Å². The van der Waals surface area contributed by atoms with E-state index in [0.717, 1.165) is 6.42 Å². The number of rotatable bonds is 5. The topological polar surface area (TPSA) is 63.6 Å². The van der Waals surface area contributed by atoms with Crippen molar-refractivity contribution in [3.05, 3.63) is 0 Å². The highest BCUT2D eigenvalue weighted by atomic mass is 32.2. The lowest BCUT2D eigenvalue weighted by Crippen LogP contribution is -2.10. The molecule has 0 aromatic rings. The third-order valence-electron chi connectivity index (χ3n) is 0.834. The average Bonchev–Trinajstić information content (AvgIpc) is 1.78. The van der Waals surface area contributed by atoms with Crippen LogP contribution in [-0.4, -0.2) is 31.9 Å². The fourth-order valence-corrected chi connectivity index (χ4v) is 0.739. The third-order valence-corrected chi connectivity index (χ3v) is 1.52. The van der Waals surface area contributed by atoms with Crippen LogP contribution >= 0.6 is 0 Å². The van der Waals surface area contributed by atoms with Gasteiger partial charge >= 0.3 is 0 Å². The van der Waals surface area contributed by atoms with E-state index in [9.17, 15) is 8.42 Å². The Hall–Kier alpha value is -0.130. The van der Waals surface area contributed by atoms with Crippen LogP contribution in [0.2, 0.25) is 0 Å². The summed E-state index contributed by atoms with van der Waals surface area (Å²) in [5.41, 5.74) is 0. The SMILES string of the molecule is CCCOCCS(=O)(=O)O. The molecule has 0 aromatic carbocycles. The van der Waals surface area contributed by atoms with Gasteiger partial charge in [0.15, 0.2) is 0 Å². The Morgan fingerprint density at radius 2 is 2.00 bits per heavy atom. The molecule has 0 radical (unpaired) electrons. The lowest BCUT2D eigenvalue weighted by Gasteiger charge is -1.98. The summed E-state index contributed by atoms with van der Waals surface area (Å²) < 4.78 is 33.2. The van der Waals surface area contributed by atoms with Gasteiger partial charge in [0.05, 0.1) is 12.4 Å². The molecule has 5 heteroatoms. The first kappa shape index (κ1) is 9.87. The quantitative estimate of drug-likeness (QED) is 0.473. The molecule has 1 N–H and O–H groups in total. The third kappa shape index (κ3) is 7.87. The first-order valence-electron chi connectivity index (χ1n) is 3.09. The Morgan fingerprint density at radius 1 is 1.40 bits per heavy atom. The van der Waals surface area contributed by atoms with Crippen molar-refractivity contribution in [2.24, 2.45) is 0 Å². The van der Waals surface area contributed by atoms with Crippen LogP contribution < -0.4 is 0 Å². The summed E-state index contributed by atoms with van der Waals surface area (Å²) >= 11 is 0. The van der Waals surface area contributed by atoms with Crippen LogP contribution in [0.25, 0.3) is 0 Å². The van der Waals surface area contributed by atoms with Gasteiger partial charge in [-0.05, 0) is 6.42 Å². The van der Waals surface area contributed by atoms with Crippen molar-refractivity contribution < 1.29 is 17.7 Å². The molecule has 0 spiro atoms. The zero-order chi connectivity index (χ0) is 8.04. The molecule has 10 heavy (non-hydrogen) atoms. The summed E-state index contributed by atoms with van der Waals surface area (Å²) in [4.78, 5) is 0. The second-order valence-corrected chi connectivity index (χ2v) is 3.47. The van der Waals surface area contributed by atoms with Crippen molar-refractivity contribution in [3.8, 4) is 0 Å². The first-order valence-corrected chi connectivity index (χ1v) is 4.70. The van der Waals surface area contributed by atoms with Gasteiger partial charge < -0.3 is 4.74 Å². The molecule has 0 atom stereocenters. The fraction of sp³-hybridized carbons (Fsp3) is 1.00. The lowest BCUT2D eigenvalue weighted by atomic mass is 10.5. The highest BCUT2D eigenvalue weighted by Gasteiger charge is 2.02. The Balaban J connectivity index is 3.21. The minimum atomic E-state index is -3.83. The maximum atomic E-state index is 10.1. The Labute approximate surface area is 60.9 Å². The normalized spacial score (nSPS) is 11.8. The van der Waals surface area contributed by atoms with Gasteiger partial charge in [-0.3, -0.25) is 4.55 Å². The molecule has 0 rings (SSSR count). The minimum Gasteiger partial charge on any atom is -0.380 e. The smallest absolute Gasteiger partial charge is 0.267 e. The van der Waals surface area contributed by atoms with E-state index in [1.807, 2.05) is 6.92 Å². The second-order valence-electron chi connectivity index (χ2n) is 1.90. The van der Waals surface area contributed by atoms with Gasteiger partial charge in [0.2, 0.25) is 0 Å². The lowest BCUT2D eigenvalue weighted by molar-refractivity contribution is 0.148. The van der Waals surface area contributed by atoms with Crippen LogP contribution in [0.3, 0.4) is 0 Å². The van der Waals surface area contributed by atoms with Crippen molar-refractivity contribution in [3.63, 3.8) is 0 Å². The van der Waals surface area contributed by atoms with E-state index in [1.165, 1.54) is 0 Å². The van der Waals surface area contributed by atoms with E-state index in [1.54, 1.807) is 0 Å². The van der Waals surface area contributed by atoms with Crippen LogP contribution in [0.15, 0.2) is 0 Å². The van der Waals surface area contributed by atoms with Gasteiger partial charge in [-0.2, -0.15) is 8.42 Å². The number of ether oxygens (including phenoxy) is 1. The maximum Gasteiger partial charge on any atom is 0.267 e. The summed E-state index contributed by atoms with van der Waals surface area (Å²) in [5, 5.41) is 0. The van der Waals surface area contributed by atoms with E-state index in [0.29, 0.717) is 6.61 Å². The summed E-state index contributed by atoms with van der Waals surface area (Å²) in [6, 6.07) is 0. The van der Waals surface area contributed by atoms with Gasteiger partial charge in [0.1, 0.15) is 0 Å². The van der Waals surface area contributed by atoms with Crippen LogP contribution in [0, 0.1) is 0 Å². The Bertz CT molecular complexity index is 160. The van der Waals surface area contributed by atoms with E-state index < -0.39 is 10.1 Å². The molecule has 4 nitrogen and oxygen atoms in total. The Kier molecular flexibility index (Phi) is 4.59. The molecule has 0 heterocycles. The zero-order valence-corrected chi connectivity index (χ0v) is 6.73. The molecule has 62 valence electrons. The Morgan fingerprint density at radius 3 is 2.40 bits per heavy atom. The molecular formula is C5H12O4S. The van der Waals surface area contributed by atoms with Gasteiger partial charge in [-0.15, -0.1) is 0 Å². The average molecular weight is 168 g/mol. The molecule has 0 saturated carbocycles. The maximum absolute atomic E-state index is 10.1. The van der Waals surface area contributed by atoms with E-state index in [-0.39, 0.29) is 12.4 Å². The van der Waals surface area contributed by atoms with Gasteiger partial charge in [0, 0.05) is 6.61 Å². The number of hydrogen-bond donors (Lipinski definition) is 1. The molecule has 0 aliphatic rings. The van der Waals surface area contributed by atoms with E-state index in [2.05, 4.69) is 0 Å². The number of hydrogen-bond acceptors (Lipinski definition) is 3. The van der Waals surface area contributed by atoms with E-state index >= 15 is 0 Å². The van der Waals surface area contributed by atoms with Gasteiger partial charge in [-0.25, -0.2) is 0 Å². The van der Waals surface area contributed by atoms with Crippen molar-refractivity contribution >= 4 is 10.1 Å². The predicted octanol–water partition coefficient (Wildman–Crippen LogP) is 0.301. The minimum absolute atomic E-state index is 0.0761. The molecule has 0 fully saturated rings. The van der Waals surface area contributed by atoms with Crippen molar-refractivity contribution in [1.82, 2.24) is 0 Å². The van der Waals surface area contributed by atoms with Crippen molar-refractivity contribution in [1.29, 1.82) is 0 Å². The van der Waals surface area contributed by atoms with Crippen LogP contribution in [0.5, 0.6) is 0 Å². The van der Waals surface area contributed by atoms with Crippen molar-refractivity contribution in [2.75, 3.05) is 19.0 Å². The molecule has 0 amide bonds. The molecule has 0 aromatic heterocycles.